The molecule has 0 heterocycles. The van der Waals surface area contributed by atoms with Gasteiger partial charge < -0.3 is 0 Å². The quantitative estimate of drug-likeness (QED) is 0.423. The molecule has 0 bridgehead atoms. The Labute approximate surface area is 56.6 Å². The molecular weight excluding hydrogens is 148 g/mol. The van der Waals surface area contributed by atoms with Crippen LogP contribution in [0.15, 0.2) is 0 Å². The molecule has 0 aliphatic carbocycles. The summed E-state index contributed by atoms with van der Waals surface area (Å²) < 4.78 is 0.763. The third-order valence-corrected chi connectivity index (χ3v) is 1.02. The second-order valence-electron chi connectivity index (χ2n) is 1.24. The molecule has 8 heavy (non-hydrogen) atoms. The van der Waals surface area contributed by atoms with Crippen molar-refractivity contribution in [3.8, 4) is 0 Å². The Morgan fingerprint density at radius 1 is 1.75 bits per heavy atom. The van der Waals surface area contributed by atoms with Crippen LogP contribution in [0.5, 0.6) is 0 Å². The van der Waals surface area contributed by atoms with Gasteiger partial charge in [-0.3, -0.25) is 0 Å². The van der Waals surface area contributed by atoms with Gasteiger partial charge in [0.1, 0.15) is 0 Å². The Hall–Kier alpha value is 0.269. The Balaban J connectivity index is 2.99. The van der Waals surface area contributed by atoms with E-state index in [-0.39, 0.29) is 6.61 Å². The van der Waals surface area contributed by atoms with Crippen molar-refractivity contribution in [2.45, 2.75) is 0 Å². The van der Waals surface area contributed by atoms with Crippen LogP contribution in [0.2, 0.25) is 0 Å². The van der Waals surface area contributed by atoms with Crippen LogP contribution in [-0.2, 0) is 15.6 Å². The van der Waals surface area contributed by atoms with Crippen molar-refractivity contribution >= 4 is 4.54 Å². The van der Waals surface area contributed by atoms with E-state index in [0.717, 1.165) is 4.54 Å². The van der Waals surface area contributed by atoms with E-state index in [4.69, 9.17) is 10.8 Å². The van der Waals surface area contributed by atoms with Crippen molar-refractivity contribution in [3.05, 3.63) is 0 Å². The van der Waals surface area contributed by atoms with Crippen molar-refractivity contribution in [2.24, 2.45) is 5.73 Å². The molecule has 0 unspecified atom stereocenters. The average Bonchev–Trinajstić information content (AvgIpc) is 1.83. The summed E-state index contributed by atoms with van der Waals surface area (Å²) in [5, 5.41) is 11.1. The van der Waals surface area contributed by atoms with Gasteiger partial charge in [0.25, 0.3) is 0 Å². The van der Waals surface area contributed by atoms with Crippen LogP contribution in [0.1, 0.15) is 0 Å². The fraction of sp³-hybridized carbons (Fsp3) is 0.750. The molecule has 0 fully saturated rings. The first-order valence-electron chi connectivity index (χ1n) is 2.36. The van der Waals surface area contributed by atoms with Crippen LogP contribution in [0, 0.1) is 0 Å². The van der Waals surface area contributed by atoms with Crippen molar-refractivity contribution in [1.82, 2.24) is 5.32 Å². The van der Waals surface area contributed by atoms with E-state index in [1.54, 1.807) is 0 Å². The second kappa shape index (κ2) is 5.41. The number of aliphatic hydroxyl groups is 1. The zero-order chi connectivity index (χ0) is 6.41. The Bertz CT molecular complexity index is 76.4. The van der Waals surface area contributed by atoms with Gasteiger partial charge in [-0.25, -0.2) is 0 Å². The summed E-state index contributed by atoms with van der Waals surface area (Å²) in [6.45, 7) is 1.09. The van der Waals surface area contributed by atoms with Gasteiger partial charge in [-0.2, -0.15) is 0 Å². The molecule has 0 aromatic rings. The monoisotopic (exact) mass is 158 g/mol. The van der Waals surface area contributed by atoms with E-state index in [2.05, 4.69) is 20.9 Å². The fourth-order valence-electron chi connectivity index (χ4n) is 0.261. The zero-order valence-corrected chi connectivity index (χ0v) is 5.60. The average molecular weight is 158 g/mol. The number of rotatable bonds is 4. The third-order valence-electron chi connectivity index (χ3n) is 0.599. The van der Waals surface area contributed by atoms with Gasteiger partial charge in [-0.05, 0) is 0 Å². The summed E-state index contributed by atoms with van der Waals surface area (Å²) in [4.78, 5) is 0. The number of nitrogens with one attached hydrogen (secondary N) is 1. The van der Waals surface area contributed by atoms with Crippen LogP contribution in [0.4, 0.5) is 0 Å². The molecule has 50 valence electrons. The van der Waals surface area contributed by atoms with E-state index in [1.807, 2.05) is 0 Å². The molecule has 3 nitrogen and oxygen atoms in total. The Kier molecular flexibility index (Phi) is 5.59. The minimum absolute atomic E-state index is 0.124. The number of nitrogens with two attached hydrogens (primary N) is 1. The SMILES string of the molecule is NC[C](=[Fe])NCCO. The van der Waals surface area contributed by atoms with Gasteiger partial charge in [0.05, 0.1) is 0 Å². The van der Waals surface area contributed by atoms with Crippen molar-refractivity contribution in [1.29, 1.82) is 0 Å². The predicted octanol–water partition coefficient (Wildman–Crippen LogP) is -1.80. The molecule has 0 spiro atoms. The maximum atomic E-state index is 8.27. The minimum atomic E-state index is 0.124. The van der Waals surface area contributed by atoms with E-state index in [1.165, 1.54) is 0 Å². The molecule has 4 N–H and O–H groups in total. The predicted molar refractivity (Wildman–Crippen MR) is 29.1 cm³/mol. The molecule has 0 aromatic heterocycles. The maximum absolute atomic E-state index is 8.27. The van der Waals surface area contributed by atoms with Crippen molar-refractivity contribution in [3.63, 3.8) is 0 Å². The van der Waals surface area contributed by atoms with Crippen molar-refractivity contribution in [2.75, 3.05) is 19.7 Å². The summed E-state index contributed by atoms with van der Waals surface area (Å²) in [7, 11) is 0. The van der Waals surface area contributed by atoms with Gasteiger partial charge in [-0.1, -0.05) is 0 Å². The molecule has 4 heteroatoms. The third kappa shape index (κ3) is 4.43. The number of hydrogen-bond donors (Lipinski definition) is 3. The van der Waals surface area contributed by atoms with Crippen LogP contribution >= 0.6 is 0 Å². The number of hydrogen-bond acceptors (Lipinski definition) is 3. The molecule has 0 radical (unpaired) electrons. The van der Waals surface area contributed by atoms with E-state index in [9.17, 15) is 0 Å². The molecule has 0 atom stereocenters. The first-order valence-corrected chi connectivity index (χ1v) is 2.91. The summed E-state index contributed by atoms with van der Waals surface area (Å²) in [5.41, 5.74) is 5.17. The normalized spacial score (nSPS) is 9.38. The van der Waals surface area contributed by atoms with E-state index in [0.29, 0.717) is 13.1 Å². The first-order chi connectivity index (χ1) is 3.81. The van der Waals surface area contributed by atoms with Crippen molar-refractivity contribution < 1.29 is 20.7 Å². The number of aliphatic hydroxyl groups excluding tert-OH is 1. The second-order valence-corrected chi connectivity index (χ2v) is 1.91. The van der Waals surface area contributed by atoms with Crippen LogP contribution in [-0.4, -0.2) is 29.3 Å². The van der Waals surface area contributed by atoms with Gasteiger partial charge in [-0.15, -0.1) is 0 Å². The first kappa shape index (κ1) is 8.27. The summed E-state index contributed by atoms with van der Waals surface area (Å²) in [6.07, 6.45) is 0. The topological polar surface area (TPSA) is 58.3 Å². The fourth-order valence-corrected chi connectivity index (χ4v) is 0.399. The van der Waals surface area contributed by atoms with Gasteiger partial charge in [0.2, 0.25) is 0 Å². The molecule has 0 rings (SSSR count). The molecule has 0 saturated heterocycles. The Morgan fingerprint density at radius 2 is 2.38 bits per heavy atom. The zero-order valence-electron chi connectivity index (χ0n) is 4.50. The van der Waals surface area contributed by atoms with Crippen LogP contribution in [0.3, 0.4) is 0 Å². The summed E-state index contributed by atoms with van der Waals surface area (Å²) >= 11 is 3.56. The van der Waals surface area contributed by atoms with E-state index < -0.39 is 0 Å². The standard InChI is InChI=1S/C4H10N2O.Fe/c5-1-2-6-3-4-7;/h6-7H,1,3-5H2;. The van der Waals surface area contributed by atoms with Gasteiger partial charge >= 0.3 is 56.0 Å². The van der Waals surface area contributed by atoms with Crippen LogP contribution in [0.25, 0.3) is 0 Å². The van der Waals surface area contributed by atoms with Crippen LogP contribution < -0.4 is 11.1 Å². The molecule has 0 aliphatic rings. The molecular formula is C4H10FeN2O. The van der Waals surface area contributed by atoms with Gasteiger partial charge in [0.15, 0.2) is 0 Å². The molecule has 0 aliphatic heterocycles. The molecule has 0 saturated carbocycles. The van der Waals surface area contributed by atoms with Gasteiger partial charge in [0, 0.05) is 0 Å². The molecule has 0 amide bonds. The summed E-state index contributed by atoms with van der Waals surface area (Å²) in [6, 6.07) is 0. The Morgan fingerprint density at radius 3 is 2.75 bits per heavy atom. The molecule has 0 aromatic carbocycles. The summed E-state index contributed by atoms with van der Waals surface area (Å²) in [5.74, 6) is 0. The van der Waals surface area contributed by atoms with E-state index >= 15 is 0 Å².